The molecule has 0 aromatic heterocycles. The number of para-hydroxylation sites is 5. The van der Waals surface area contributed by atoms with Crippen molar-refractivity contribution >= 4 is 51.2 Å². The van der Waals surface area contributed by atoms with E-state index in [-0.39, 0.29) is 56.0 Å². The molecule has 0 saturated heterocycles. The Kier molecular flexibility index (Phi) is 114. The van der Waals surface area contributed by atoms with Crippen molar-refractivity contribution in [3.05, 3.63) is 152 Å². The lowest BCUT2D eigenvalue weighted by atomic mass is 9.86. The molecule has 0 bridgehead atoms. The highest BCUT2D eigenvalue weighted by Gasteiger charge is 2.32. The minimum absolute atomic E-state index is 0.0417. The Morgan fingerprint density at radius 3 is 0.595 bits per heavy atom. The van der Waals surface area contributed by atoms with Gasteiger partial charge in [0.1, 0.15) is 56.8 Å². The van der Waals surface area contributed by atoms with Gasteiger partial charge < -0.3 is 47.4 Å². The molecule has 0 N–H and O–H groups in total. The molecule has 9 rings (SSSR count). The summed E-state index contributed by atoms with van der Waals surface area (Å²) < 4.78 is 103. The molecule has 131 heavy (non-hydrogen) atoms. The van der Waals surface area contributed by atoms with Gasteiger partial charge in [-0.1, -0.05) is 267 Å². The van der Waals surface area contributed by atoms with E-state index >= 15 is 0 Å². The lowest BCUT2D eigenvalue weighted by Gasteiger charge is -2.34. The quantitative estimate of drug-likeness (QED) is 0.0439. The highest BCUT2D eigenvalue weighted by molar-refractivity contribution is 6.09. The Hall–Kier alpha value is -4.37. The lowest BCUT2D eigenvalue weighted by Crippen LogP contribution is -2.34. The van der Waals surface area contributed by atoms with E-state index in [9.17, 15) is 22.0 Å². The molecule has 5 aromatic carbocycles. The maximum absolute atomic E-state index is 9.50. The maximum Gasteiger partial charge on any atom is 0.120 e. The van der Waals surface area contributed by atoms with Crippen LogP contribution in [-0.4, -0.2) is 179 Å². The van der Waals surface area contributed by atoms with Crippen LogP contribution >= 0.6 is 0 Å². The average molecular weight is 1950 g/mol. The van der Waals surface area contributed by atoms with Crippen LogP contribution in [0.5, 0.6) is 28.7 Å². The molecule has 5 aromatic rings. The van der Waals surface area contributed by atoms with Crippen molar-refractivity contribution in [1.82, 2.24) is 0 Å². The van der Waals surface area contributed by atoms with Gasteiger partial charge in [-0.25, -0.2) is 0 Å². The summed E-state index contributed by atoms with van der Waals surface area (Å²) in [5.74, 6) is 4.86. The summed E-state index contributed by atoms with van der Waals surface area (Å²) >= 11 is 0. The van der Waals surface area contributed by atoms with Crippen LogP contribution in [0.1, 0.15) is 373 Å². The highest BCUT2D eigenvalue weighted by Crippen LogP contribution is 2.36. The Balaban J connectivity index is -0.000000132. The Morgan fingerprint density at radius 2 is 0.435 bits per heavy atom. The third-order valence-electron chi connectivity index (χ3n) is 21.4. The maximum atomic E-state index is 9.50. The molecule has 4 aliphatic rings. The van der Waals surface area contributed by atoms with Crippen molar-refractivity contribution in [2.75, 3.05) is 71.4 Å². The molecule has 0 radical (unpaired) electrons. The molecule has 0 amide bonds. The van der Waals surface area contributed by atoms with Gasteiger partial charge in [-0.3, -0.25) is 22.0 Å². The Morgan fingerprint density at radius 1 is 0.244 bits per heavy atom. The molecule has 0 unspecified atom stereocenters. The van der Waals surface area contributed by atoms with Crippen LogP contribution in [-0.2, 0) is 23.7 Å². The molecule has 0 spiro atoms. The second-order valence-corrected chi connectivity index (χ2v) is 42.9. The van der Waals surface area contributed by atoms with Crippen molar-refractivity contribution in [3.63, 3.8) is 0 Å². The standard InChI is InChI=1S/C13H18O.C12H16O.C12H18O.C11H16O.C10H14O.C8H16O.C7H14O.C7H16O.C6H14O.C5H12O.5C3H10Si.5CH3F/c1-13(10-6-3-7-11-13)14-12-8-4-2-5-9-12;1-12(9-5-6-10-12)13-11-7-3-2-4-8-11;1-4-10-12(2,3)13-11-8-6-5-7-9-11;1-4-11(2,3)12-10-8-6-5-7-9-10;1-10(2,3)11-9-7-5-4-6-8-9;1-8(9-2)6-4-3-5-7-8;1-7(8-2)5-3-4-6-7;1-5-6-7(2,3)8-4;1-5-6(2,3)7-4;1-5(2,3)6-4;5*1-2-3-4;5*1-2/h2,4-5,8-9H,3,6-7,10-11H2,1H3;2-4,7-8H,5-6,9-10H2,1H3;5-9H,4,10H2,1-3H3;5-9H,4H2,1-3H3;4-8H,1-3H3;3-7H2,1-2H3;3-6H2,1-2H3;5-6H2,1-4H3;5H2,1-4H3;1-4H3;5*2-3H2,1,4H3;5*1H3. The molecular weight excluding hydrogens is 1730 g/mol. The first kappa shape index (κ1) is 149. The highest BCUT2D eigenvalue weighted by atomic mass is 28.2. The van der Waals surface area contributed by atoms with Crippen molar-refractivity contribution in [2.24, 2.45) is 0 Å². The second-order valence-electron chi connectivity index (χ2n) is 37.9. The number of alkyl halides is 5. The molecule has 0 aliphatic heterocycles. The van der Waals surface area contributed by atoms with Crippen molar-refractivity contribution < 1.29 is 69.3 Å². The van der Waals surface area contributed by atoms with Gasteiger partial charge in [-0.15, -0.1) is 0 Å². The summed E-state index contributed by atoms with van der Waals surface area (Å²) in [4.78, 5) is 0. The van der Waals surface area contributed by atoms with Crippen LogP contribution in [0.3, 0.4) is 0 Å². The largest absolute Gasteiger partial charge is 0.488 e. The molecule has 4 aliphatic carbocycles. The van der Waals surface area contributed by atoms with Gasteiger partial charge >= 0.3 is 0 Å². The fourth-order valence-electron chi connectivity index (χ4n) is 11.0. The van der Waals surface area contributed by atoms with Gasteiger partial charge in [0.15, 0.2) is 0 Å². The summed E-state index contributed by atoms with van der Waals surface area (Å²) in [5, 5.41) is 0. The number of halogens is 5. The monoisotopic (exact) mass is 1950 g/mol. The van der Waals surface area contributed by atoms with Gasteiger partial charge in [-0.05, 0) is 288 Å². The zero-order valence-electron chi connectivity index (χ0n) is 93.9. The summed E-state index contributed by atoms with van der Waals surface area (Å²) in [6, 6.07) is 57.4. The van der Waals surface area contributed by atoms with E-state index in [2.05, 4.69) is 145 Å². The molecule has 778 valence electrons. The lowest BCUT2D eigenvalue weighted by molar-refractivity contribution is -0.0232. The van der Waals surface area contributed by atoms with Crippen LogP contribution in [0.15, 0.2) is 152 Å². The van der Waals surface area contributed by atoms with E-state index in [1.165, 1.54) is 236 Å². The van der Waals surface area contributed by atoms with Gasteiger partial charge in [0.25, 0.3) is 0 Å². The van der Waals surface area contributed by atoms with E-state index < -0.39 is 0 Å². The molecule has 4 saturated carbocycles. The summed E-state index contributed by atoms with van der Waals surface area (Å²) in [5.41, 5.74) is 0.659. The van der Waals surface area contributed by atoms with Gasteiger partial charge in [0.2, 0.25) is 0 Å². The number of ether oxygens (including phenoxy) is 10. The molecule has 4 fully saturated rings. The first-order valence-electron chi connectivity index (χ1n) is 50.2. The van der Waals surface area contributed by atoms with Crippen LogP contribution < -0.4 is 23.7 Å². The van der Waals surface area contributed by atoms with Gasteiger partial charge in [0.05, 0.1) is 63.9 Å². The van der Waals surface area contributed by atoms with Gasteiger partial charge in [0, 0.05) is 86.8 Å². The molecular formula is C111H219F5O10Si5. The van der Waals surface area contributed by atoms with Crippen molar-refractivity contribution in [1.29, 1.82) is 0 Å². The predicted molar refractivity (Wildman–Crippen MR) is 594 cm³/mol. The van der Waals surface area contributed by atoms with Gasteiger partial charge in [-0.2, -0.15) is 0 Å². The third kappa shape index (κ3) is 109. The van der Waals surface area contributed by atoms with Crippen molar-refractivity contribution in [3.8, 4) is 28.7 Å². The summed E-state index contributed by atoms with van der Waals surface area (Å²) in [6.45, 7) is 57.5. The predicted octanol–water partition coefficient (Wildman–Crippen LogP) is 30.6. The minimum atomic E-state index is -0.0959. The van der Waals surface area contributed by atoms with Crippen LogP contribution in [0, 0.1) is 0 Å². The Bertz CT molecular complexity index is 2880. The van der Waals surface area contributed by atoms with E-state index in [4.69, 9.17) is 47.4 Å². The molecule has 0 heterocycles. The summed E-state index contributed by atoms with van der Waals surface area (Å²) in [6.07, 6.45) is 36.8. The topological polar surface area (TPSA) is 92.3 Å². The zero-order valence-corrected chi connectivity index (χ0v) is 104. The minimum Gasteiger partial charge on any atom is -0.488 e. The Labute approximate surface area is 826 Å². The van der Waals surface area contributed by atoms with Crippen molar-refractivity contribution in [2.45, 2.75) is 459 Å². The van der Waals surface area contributed by atoms with Crippen LogP contribution in [0.25, 0.3) is 0 Å². The molecule has 10 nitrogen and oxygen atoms in total. The number of hydrogen-bond acceptors (Lipinski definition) is 10. The average Bonchev–Trinajstić information content (AvgIpc) is 1.49. The smallest absolute Gasteiger partial charge is 0.120 e. The zero-order chi connectivity index (χ0) is 104. The first-order valence-corrected chi connectivity index (χ1v) is 57.3. The normalized spacial score (nSPS) is 14.1. The van der Waals surface area contributed by atoms with E-state index in [0.29, 0.717) is 35.9 Å². The van der Waals surface area contributed by atoms with Crippen LogP contribution in [0.4, 0.5) is 22.0 Å². The van der Waals surface area contributed by atoms with E-state index in [1.807, 2.05) is 207 Å². The fourth-order valence-corrected chi connectivity index (χ4v) is 11.0. The first-order chi connectivity index (χ1) is 61.8. The van der Waals surface area contributed by atoms with E-state index in [1.54, 1.807) is 21.3 Å². The number of rotatable bonds is 24. The fraction of sp³-hybridized carbons (Fsp3) is 0.730. The number of methoxy groups -OCH3 is 5. The second kappa shape index (κ2) is 100. The van der Waals surface area contributed by atoms with Crippen LogP contribution in [0.2, 0.25) is 30.2 Å². The number of benzene rings is 5. The number of hydrogen-bond donors (Lipinski definition) is 0. The third-order valence-corrected chi connectivity index (χ3v) is 26.4. The summed E-state index contributed by atoms with van der Waals surface area (Å²) in [7, 11) is 18.3. The molecule has 20 heteroatoms. The SMILES string of the molecule is CC(C)(C)Oc1ccccc1.CC1(Oc2ccccc2)CCCC1.CC1(Oc2ccccc2)CCCCC1.CCC(C)(C)OC.CCC(C)(C)Oc1ccccc1.CCCC(C)(C)OC.CCCC(C)(C)Oc1ccccc1.CCC[SiH3].CCC[SiH3].CCC[SiH3].CCC[SiH3].CCC[SiH3].CF.CF.CF.CF.CF.COC(C)(C)C.COC1(C)CCCC1.COC1(C)CCCCC1. The molecule has 0 atom stereocenters. The van der Waals surface area contributed by atoms with E-state index in [0.717, 1.165) is 60.9 Å².